The highest BCUT2D eigenvalue weighted by Crippen LogP contribution is 2.41. The van der Waals surface area contributed by atoms with Crippen LogP contribution in [0.2, 0.25) is 5.02 Å². The number of thioether (sulfide) groups is 1. The summed E-state index contributed by atoms with van der Waals surface area (Å²) in [5.74, 6) is 0. The standard InChI is InChI=1S/C16H17BrClNS/c1-2-14(19)16(11-7-9-12(18)10-8-11)20-15-6-4-3-5-13(15)17/h3-10,14,16H,2,19H2,1H3. The van der Waals surface area contributed by atoms with E-state index in [0.717, 1.165) is 15.9 Å². The van der Waals surface area contributed by atoms with Crippen LogP contribution >= 0.6 is 39.3 Å². The first kappa shape index (κ1) is 15.9. The fraction of sp³-hybridized carbons (Fsp3) is 0.250. The van der Waals surface area contributed by atoms with Gasteiger partial charge in [-0.3, -0.25) is 0 Å². The van der Waals surface area contributed by atoms with Gasteiger partial charge in [-0.05, 0) is 52.2 Å². The van der Waals surface area contributed by atoms with Crippen molar-refractivity contribution in [3.63, 3.8) is 0 Å². The first-order valence-corrected chi connectivity index (χ1v) is 8.59. The zero-order chi connectivity index (χ0) is 14.5. The highest BCUT2D eigenvalue weighted by Gasteiger charge is 2.20. The van der Waals surface area contributed by atoms with Crippen molar-refractivity contribution >= 4 is 39.3 Å². The Balaban J connectivity index is 2.29. The van der Waals surface area contributed by atoms with Crippen molar-refractivity contribution in [1.82, 2.24) is 0 Å². The topological polar surface area (TPSA) is 26.0 Å². The molecule has 2 aromatic rings. The third kappa shape index (κ3) is 4.01. The molecule has 0 fully saturated rings. The highest BCUT2D eigenvalue weighted by molar-refractivity contribution is 9.10. The molecule has 0 heterocycles. The molecule has 2 unspecified atom stereocenters. The van der Waals surface area contributed by atoms with E-state index in [4.69, 9.17) is 17.3 Å². The van der Waals surface area contributed by atoms with Gasteiger partial charge < -0.3 is 5.73 Å². The van der Waals surface area contributed by atoms with Gasteiger partial charge in [-0.1, -0.05) is 42.8 Å². The quantitative estimate of drug-likeness (QED) is 0.686. The molecule has 0 saturated carbocycles. The average molecular weight is 371 g/mol. The van der Waals surface area contributed by atoms with E-state index >= 15 is 0 Å². The minimum atomic E-state index is 0.105. The zero-order valence-corrected chi connectivity index (χ0v) is 14.4. The average Bonchev–Trinajstić information content (AvgIpc) is 2.47. The van der Waals surface area contributed by atoms with Gasteiger partial charge in [0.25, 0.3) is 0 Å². The molecule has 0 aliphatic carbocycles. The maximum absolute atomic E-state index is 6.32. The van der Waals surface area contributed by atoms with Gasteiger partial charge in [-0.2, -0.15) is 0 Å². The molecule has 1 nitrogen and oxygen atoms in total. The smallest absolute Gasteiger partial charge is 0.0495 e. The molecular weight excluding hydrogens is 354 g/mol. The third-order valence-corrected chi connectivity index (χ3v) is 5.84. The molecular formula is C16H17BrClNS. The van der Waals surface area contributed by atoms with Crippen molar-refractivity contribution in [3.05, 3.63) is 63.6 Å². The molecule has 106 valence electrons. The van der Waals surface area contributed by atoms with E-state index in [1.165, 1.54) is 10.5 Å². The SMILES string of the molecule is CCC(N)C(Sc1ccccc1Br)c1ccc(Cl)cc1. The van der Waals surface area contributed by atoms with Crippen LogP contribution in [0.1, 0.15) is 24.2 Å². The fourth-order valence-corrected chi connectivity index (χ4v) is 3.91. The summed E-state index contributed by atoms with van der Waals surface area (Å²) in [4.78, 5) is 1.20. The molecule has 2 rings (SSSR count). The number of rotatable bonds is 5. The Morgan fingerprint density at radius 3 is 2.40 bits per heavy atom. The lowest BCUT2D eigenvalue weighted by molar-refractivity contribution is 0.634. The van der Waals surface area contributed by atoms with Gasteiger partial charge in [0.2, 0.25) is 0 Å². The van der Waals surface area contributed by atoms with Gasteiger partial charge in [0.15, 0.2) is 0 Å². The van der Waals surface area contributed by atoms with E-state index < -0.39 is 0 Å². The van der Waals surface area contributed by atoms with Gasteiger partial charge in [0.05, 0.1) is 0 Å². The van der Waals surface area contributed by atoms with Crippen LogP contribution in [0.5, 0.6) is 0 Å². The van der Waals surface area contributed by atoms with Crippen molar-refractivity contribution in [3.8, 4) is 0 Å². The summed E-state index contributed by atoms with van der Waals surface area (Å²) in [5, 5.41) is 0.972. The molecule has 0 aliphatic heterocycles. The molecule has 20 heavy (non-hydrogen) atoms. The Bertz CT molecular complexity index is 559. The van der Waals surface area contributed by atoms with Crippen molar-refractivity contribution < 1.29 is 0 Å². The van der Waals surface area contributed by atoms with Crippen molar-refractivity contribution in [2.75, 3.05) is 0 Å². The third-order valence-electron chi connectivity index (χ3n) is 3.15. The summed E-state index contributed by atoms with van der Waals surface area (Å²) >= 11 is 11.4. The first-order chi connectivity index (χ1) is 9.61. The monoisotopic (exact) mass is 369 g/mol. The zero-order valence-electron chi connectivity index (χ0n) is 11.2. The van der Waals surface area contributed by atoms with Crippen LogP contribution in [0.25, 0.3) is 0 Å². The first-order valence-electron chi connectivity index (χ1n) is 6.54. The molecule has 2 atom stereocenters. The minimum absolute atomic E-state index is 0.105. The normalized spacial score (nSPS) is 14.0. The van der Waals surface area contributed by atoms with Crippen LogP contribution in [0.3, 0.4) is 0 Å². The lowest BCUT2D eigenvalue weighted by Crippen LogP contribution is -2.25. The van der Waals surface area contributed by atoms with Crippen molar-refractivity contribution in [1.29, 1.82) is 0 Å². The van der Waals surface area contributed by atoms with E-state index in [-0.39, 0.29) is 11.3 Å². The lowest BCUT2D eigenvalue weighted by atomic mass is 10.0. The number of hydrogen-bond acceptors (Lipinski definition) is 2. The van der Waals surface area contributed by atoms with E-state index in [0.29, 0.717) is 0 Å². The number of hydrogen-bond donors (Lipinski definition) is 1. The molecule has 0 aromatic heterocycles. The molecule has 0 spiro atoms. The summed E-state index contributed by atoms with van der Waals surface area (Å²) in [5.41, 5.74) is 7.53. The molecule has 0 aliphatic rings. The van der Waals surface area contributed by atoms with Crippen LogP contribution < -0.4 is 5.73 Å². The Kier molecular flexibility index (Phi) is 5.97. The van der Waals surface area contributed by atoms with Crippen molar-refractivity contribution in [2.24, 2.45) is 5.73 Å². The molecule has 2 N–H and O–H groups in total. The second kappa shape index (κ2) is 7.51. The van der Waals surface area contributed by atoms with Gasteiger partial charge in [-0.15, -0.1) is 11.8 Å². The maximum atomic E-state index is 6.32. The number of benzene rings is 2. The molecule has 0 bridgehead atoms. The number of nitrogens with two attached hydrogens (primary N) is 1. The summed E-state index contributed by atoms with van der Waals surface area (Å²) in [6.07, 6.45) is 0.935. The van der Waals surface area contributed by atoms with Crippen LogP contribution in [-0.4, -0.2) is 6.04 Å². The predicted molar refractivity (Wildman–Crippen MR) is 92.5 cm³/mol. The molecule has 0 radical (unpaired) electrons. The highest BCUT2D eigenvalue weighted by atomic mass is 79.9. The Morgan fingerprint density at radius 2 is 1.80 bits per heavy atom. The van der Waals surface area contributed by atoms with E-state index in [9.17, 15) is 0 Å². The van der Waals surface area contributed by atoms with Crippen LogP contribution in [0, 0.1) is 0 Å². The Hall–Kier alpha value is -0.480. The van der Waals surface area contributed by atoms with Gasteiger partial charge >= 0.3 is 0 Å². The second-order valence-corrected chi connectivity index (χ2v) is 7.07. The van der Waals surface area contributed by atoms with Crippen LogP contribution in [0.4, 0.5) is 0 Å². The second-order valence-electron chi connectivity index (χ2n) is 4.59. The summed E-state index contributed by atoms with van der Waals surface area (Å²) < 4.78 is 1.10. The summed E-state index contributed by atoms with van der Waals surface area (Å²) in [6.45, 7) is 2.12. The molecule has 0 saturated heterocycles. The van der Waals surface area contributed by atoms with Gasteiger partial charge in [0, 0.05) is 25.7 Å². The van der Waals surface area contributed by atoms with E-state index in [1.54, 1.807) is 11.8 Å². The maximum Gasteiger partial charge on any atom is 0.0495 e. The number of halogens is 2. The summed E-state index contributed by atoms with van der Waals surface area (Å²) in [6, 6.07) is 16.3. The lowest BCUT2D eigenvalue weighted by Gasteiger charge is -2.23. The Morgan fingerprint density at radius 1 is 1.15 bits per heavy atom. The fourth-order valence-electron chi connectivity index (χ4n) is 1.95. The van der Waals surface area contributed by atoms with Crippen LogP contribution in [0.15, 0.2) is 57.9 Å². The van der Waals surface area contributed by atoms with E-state index in [2.05, 4.69) is 47.1 Å². The minimum Gasteiger partial charge on any atom is -0.326 e. The molecule has 2 aromatic carbocycles. The van der Waals surface area contributed by atoms with E-state index in [1.807, 2.05) is 24.3 Å². The molecule has 4 heteroatoms. The predicted octanol–water partition coefficient (Wildman–Crippen LogP) is 5.67. The largest absolute Gasteiger partial charge is 0.326 e. The molecule has 0 amide bonds. The summed E-state index contributed by atoms with van der Waals surface area (Å²) in [7, 11) is 0. The van der Waals surface area contributed by atoms with Gasteiger partial charge in [-0.25, -0.2) is 0 Å². The van der Waals surface area contributed by atoms with Gasteiger partial charge in [0.1, 0.15) is 0 Å². The Labute approximate surface area is 138 Å². The van der Waals surface area contributed by atoms with Crippen LogP contribution in [-0.2, 0) is 0 Å². The van der Waals surface area contributed by atoms with Crippen molar-refractivity contribution in [2.45, 2.75) is 29.5 Å².